The second-order valence-corrected chi connectivity index (χ2v) is 5.28. The summed E-state index contributed by atoms with van der Waals surface area (Å²) in [5, 5.41) is 9.51. The Balaban J connectivity index is 2.06. The van der Waals surface area contributed by atoms with Crippen molar-refractivity contribution in [3.63, 3.8) is 0 Å². The first kappa shape index (κ1) is 13.2. The van der Waals surface area contributed by atoms with Gasteiger partial charge in [0.05, 0.1) is 12.1 Å². The molecule has 1 unspecified atom stereocenters. The Kier molecular flexibility index (Phi) is 4.12. The molecule has 0 aliphatic heterocycles. The molecule has 0 bridgehead atoms. The van der Waals surface area contributed by atoms with Gasteiger partial charge in [-0.05, 0) is 48.8 Å². The summed E-state index contributed by atoms with van der Waals surface area (Å²) in [6.07, 6.45) is 3.33. The lowest BCUT2D eigenvalue weighted by atomic mass is 9.92. The Morgan fingerprint density at radius 1 is 1.56 bits per heavy atom. The van der Waals surface area contributed by atoms with Crippen molar-refractivity contribution in [2.45, 2.75) is 25.7 Å². The van der Waals surface area contributed by atoms with Gasteiger partial charge in [-0.3, -0.25) is 4.79 Å². The largest absolute Gasteiger partial charge is 0.495 e. The molecular weight excluding hydrogens is 252 g/mol. The first-order chi connectivity index (χ1) is 8.60. The van der Waals surface area contributed by atoms with Crippen molar-refractivity contribution in [1.82, 2.24) is 0 Å². The first-order valence-corrected chi connectivity index (χ1v) is 6.52. The number of benzene rings is 1. The van der Waals surface area contributed by atoms with E-state index in [-0.39, 0.29) is 12.3 Å². The van der Waals surface area contributed by atoms with Crippen LogP contribution in [0.15, 0.2) is 18.2 Å². The van der Waals surface area contributed by atoms with E-state index in [1.54, 1.807) is 7.11 Å². The summed E-state index contributed by atoms with van der Waals surface area (Å²) < 4.78 is 5.10. The summed E-state index contributed by atoms with van der Waals surface area (Å²) in [4.78, 5) is 10.9. The van der Waals surface area contributed by atoms with E-state index in [1.165, 1.54) is 0 Å². The summed E-state index contributed by atoms with van der Waals surface area (Å²) in [7, 11) is 1.58. The third-order valence-corrected chi connectivity index (χ3v) is 3.73. The number of ether oxygens (including phenoxy) is 1. The molecule has 1 atom stereocenters. The van der Waals surface area contributed by atoms with Crippen LogP contribution in [0.1, 0.15) is 24.8 Å². The van der Waals surface area contributed by atoms with Gasteiger partial charge < -0.3 is 9.84 Å². The van der Waals surface area contributed by atoms with E-state index in [0.717, 1.165) is 24.8 Å². The minimum atomic E-state index is -0.716. The summed E-state index contributed by atoms with van der Waals surface area (Å²) in [6.45, 7) is 0. The second-order valence-electron chi connectivity index (χ2n) is 4.87. The van der Waals surface area contributed by atoms with Crippen molar-refractivity contribution in [3.8, 4) is 5.75 Å². The fourth-order valence-corrected chi connectivity index (χ4v) is 2.62. The van der Waals surface area contributed by atoms with Crippen LogP contribution in [0.2, 0.25) is 5.02 Å². The summed E-state index contributed by atoms with van der Waals surface area (Å²) in [6, 6.07) is 5.67. The molecule has 4 heteroatoms. The third-order valence-electron chi connectivity index (χ3n) is 3.44. The third kappa shape index (κ3) is 3.39. The number of carbonyl (C=O) groups is 1. The number of hydrogen-bond acceptors (Lipinski definition) is 2. The van der Waals surface area contributed by atoms with E-state index >= 15 is 0 Å². The van der Waals surface area contributed by atoms with Gasteiger partial charge in [-0.15, -0.1) is 0 Å². The standard InChI is InChI=1S/C14H17ClO3/c1-18-13-5-2-9(7-12(13)15)6-11(8-14(16)17)10-3-4-10/h2,5,7,10-11H,3-4,6,8H2,1H3,(H,16,17). The van der Waals surface area contributed by atoms with Crippen LogP contribution in [0.3, 0.4) is 0 Å². The first-order valence-electron chi connectivity index (χ1n) is 6.14. The smallest absolute Gasteiger partial charge is 0.303 e. The SMILES string of the molecule is COc1ccc(CC(CC(=O)O)C2CC2)cc1Cl. The molecule has 0 aromatic heterocycles. The predicted octanol–water partition coefficient (Wildman–Crippen LogP) is 3.39. The lowest BCUT2D eigenvalue weighted by molar-refractivity contribution is -0.138. The fourth-order valence-electron chi connectivity index (χ4n) is 2.34. The molecule has 3 nitrogen and oxygen atoms in total. The number of aliphatic carboxylic acids is 1. The van der Waals surface area contributed by atoms with Crippen LogP contribution in [0.25, 0.3) is 0 Å². The van der Waals surface area contributed by atoms with Gasteiger partial charge >= 0.3 is 5.97 Å². The minimum absolute atomic E-state index is 0.229. The predicted molar refractivity (Wildman–Crippen MR) is 70.2 cm³/mol. The van der Waals surface area contributed by atoms with Crippen molar-refractivity contribution in [3.05, 3.63) is 28.8 Å². The molecule has 18 heavy (non-hydrogen) atoms. The normalized spacial score (nSPS) is 16.3. The molecule has 1 aliphatic carbocycles. The van der Waals surface area contributed by atoms with Gasteiger partial charge in [-0.2, -0.15) is 0 Å². The highest BCUT2D eigenvalue weighted by Crippen LogP contribution is 2.40. The van der Waals surface area contributed by atoms with Crippen LogP contribution >= 0.6 is 11.6 Å². The summed E-state index contributed by atoms with van der Waals surface area (Å²) >= 11 is 6.07. The molecule has 1 fully saturated rings. The van der Waals surface area contributed by atoms with Gasteiger partial charge in [0, 0.05) is 6.42 Å². The van der Waals surface area contributed by atoms with E-state index < -0.39 is 5.97 Å². The van der Waals surface area contributed by atoms with Gasteiger partial charge in [0.15, 0.2) is 0 Å². The maximum Gasteiger partial charge on any atom is 0.303 e. The number of carboxylic acids is 1. The second kappa shape index (κ2) is 5.61. The van der Waals surface area contributed by atoms with Crippen LogP contribution in [0.5, 0.6) is 5.75 Å². The van der Waals surface area contributed by atoms with E-state index in [4.69, 9.17) is 21.4 Å². The van der Waals surface area contributed by atoms with Gasteiger partial charge in [0.1, 0.15) is 5.75 Å². The highest BCUT2D eigenvalue weighted by Gasteiger charge is 2.32. The molecule has 0 heterocycles. The van der Waals surface area contributed by atoms with Gasteiger partial charge in [0.2, 0.25) is 0 Å². The maximum atomic E-state index is 10.9. The Morgan fingerprint density at radius 3 is 2.78 bits per heavy atom. The average molecular weight is 269 g/mol. The molecular formula is C14H17ClO3. The van der Waals surface area contributed by atoms with Crippen LogP contribution in [0, 0.1) is 11.8 Å². The molecule has 1 aliphatic rings. The number of halogens is 1. The quantitative estimate of drug-likeness (QED) is 0.860. The maximum absolute atomic E-state index is 10.9. The number of carboxylic acid groups (broad SMARTS) is 1. The van der Waals surface area contributed by atoms with Crippen LogP contribution in [-0.2, 0) is 11.2 Å². The van der Waals surface area contributed by atoms with Crippen LogP contribution in [-0.4, -0.2) is 18.2 Å². The molecule has 98 valence electrons. The van der Waals surface area contributed by atoms with Gasteiger partial charge in [0.25, 0.3) is 0 Å². The zero-order chi connectivity index (χ0) is 13.1. The van der Waals surface area contributed by atoms with E-state index in [2.05, 4.69) is 0 Å². The van der Waals surface area contributed by atoms with Crippen LogP contribution in [0.4, 0.5) is 0 Å². The average Bonchev–Trinajstić information content (AvgIpc) is 3.11. The highest BCUT2D eigenvalue weighted by molar-refractivity contribution is 6.32. The molecule has 1 aromatic rings. The van der Waals surface area contributed by atoms with Gasteiger partial charge in [-0.25, -0.2) is 0 Å². The van der Waals surface area contributed by atoms with Gasteiger partial charge in [-0.1, -0.05) is 17.7 Å². The fraction of sp³-hybridized carbons (Fsp3) is 0.500. The Morgan fingerprint density at radius 2 is 2.28 bits per heavy atom. The number of hydrogen-bond donors (Lipinski definition) is 1. The molecule has 2 rings (SSSR count). The molecule has 0 radical (unpaired) electrons. The Hall–Kier alpha value is -1.22. The zero-order valence-corrected chi connectivity index (χ0v) is 11.1. The molecule has 0 spiro atoms. The molecule has 0 amide bonds. The Bertz CT molecular complexity index is 441. The van der Waals surface area contributed by atoms with Crippen LogP contribution < -0.4 is 4.74 Å². The lowest BCUT2D eigenvalue weighted by Crippen LogP contribution is -2.12. The number of methoxy groups -OCH3 is 1. The highest BCUT2D eigenvalue weighted by atomic mass is 35.5. The molecule has 1 saturated carbocycles. The topological polar surface area (TPSA) is 46.5 Å². The lowest BCUT2D eigenvalue weighted by Gasteiger charge is -2.14. The van der Waals surface area contributed by atoms with Crippen molar-refractivity contribution in [2.75, 3.05) is 7.11 Å². The van der Waals surface area contributed by atoms with Crippen molar-refractivity contribution < 1.29 is 14.6 Å². The van der Waals surface area contributed by atoms with E-state index in [9.17, 15) is 4.79 Å². The summed E-state index contributed by atoms with van der Waals surface area (Å²) in [5.41, 5.74) is 1.08. The van der Waals surface area contributed by atoms with Crippen molar-refractivity contribution >= 4 is 17.6 Å². The molecule has 1 aromatic carbocycles. The van der Waals surface area contributed by atoms with Crippen molar-refractivity contribution in [2.24, 2.45) is 11.8 Å². The molecule has 1 N–H and O–H groups in total. The summed E-state index contributed by atoms with van der Waals surface area (Å²) in [5.74, 6) is 0.738. The van der Waals surface area contributed by atoms with Crippen molar-refractivity contribution in [1.29, 1.82) is 0 Å². The van der Waals surface area contributed by atoms with E-state index in [1.807, 2.05) is 18.2 Å². The molecule has 0 saturated heterocycles. The Labute approximate surface area is 112 Å². The minimum Gasteiger partial charge on any atom is -0.495 e. The van der Waals surface area contributed by atoms with E-state index in [0.29, 0.717) is 16.7 Å². The zero-order valence-electron chi connectivity index (χ0n) is 10.4. The monoisotopic (exact) mass is 268 g/mol. The number of rotatable bonds is 6.